The maximum absolute atomic E-state index is 9.85. The lowest BCUT2D eigenvalue weighted by Crippen LogP contribution is -2.46. The average Bonchev–Trinajstić information content (AvgIpc) is 2.56. The van der Waals surface area contributed by atoms with Crippen molar-refractivity contribution in [3.05, 3.63) is 59.9 Å². The lowest BCUT2D eigenvalue weighted by molar-refractivity contribution is 0.0816. The minimum atomic E-state index is -0.263. The number of aromatic nitrogens is 1. The molecule has 0 atom stereocenters. The predicted octanol–water partition coefficient (Wildman–Crippen LogP) is 2.73. The lowest BCUT2D eigenvalue weighted by atomic mass is 9.83. The van der Waals surface area contributed by atoms with Crippen LogP contribution in [0.25, 0.3) is 5.57 Å². The normalized spacial score (nSPS) is 19.2. The van der Waals surface area contributed by atoms with Gasteiger partial charge in [0.1, 0.15) is 17.1 Å². The summed E-state index contributed by atoms with van der Waals surface area (Å²) in [5.41, 5.74) is 2.81. The second kappa shape index (κ2) is 5.14. The monoisotopic (exact) mass is 294 g/mol. The van der Waals surface area contributed by atoms with Crippen LogP contribution in [0.3, 0.4) is 0 Å². The van der Waals surface area contributed by atoms with Crippen molar-refractivity contribution >= 4 is 5.57 Å². The lowest BCUT2D eigenvalue weighted by Gasteiger charge is -2.40. The number of piperidine rings is 1. The van der Waals surface area contributed by atoms with Crippen molar-refractivity contribution in [2.75, 3.05) is 13.1 Å². The van der Waals surface area contributed by atoms with Gasteiger partial charge in [0.2, 0.25) is 0 Å². The predicted molar refractivity (Wildman–Crippen MR) is 84.9 cm³/mol. The Morgan fingerprint density at radius 2 is 2.05 bits per heavy atom. The molecule has 22 heavy (non-hydrogen) atoms. The highest BCUT2D eigenvalue weighted by atomic mass is 16.5. The Morgan fingerprint density at radius 1 is 1.18 bits per heavy atom. The SMILES string of the molecule is Oc1ccc2c(c1)C(c1cccnc1)=CC1(CCNCC1)O2. The Morgan fingerprint density at radius 3 is 2.82 bits per heavy atom. The highest BCUT2D eigenvalue weighted by molar-refractivity contribution is 5.85. The van der Waals surface area contributed by atoms with E-state index in [1.165, 1.54) is 0 Å². The minimum absolute atomic E-state index is 0.249. The molecule has 1 aromatic heterocycles. The molecule has 4 heteroatoms. The smallest absolute Gasteiger partial charge is 0.130 e. The van der Waals surface area contributed by atoms with E-state index in [1.54, 1.807) is 18.3 Å². The molecule has 0 amide bonds. The zero-order chi connectivity index (χ0) is 15.0. The molecule has 0 unspecified atom stereocenters. The number of rotatable bonds is 1. The average molecular weight is 294 g/mol. The van der Waals surface area contributed by atoms with Crippen LogP contribution in [0.2, 0.25) is 0 Å². The van der Waals surface area contributed by atoms with E-state index >= 15 is 0 Å². The summed E-state index contributed by atoms with van der Waals surface area (Å²) in [6.07, 6.45) is 7.73. The van der Waals surface area contributed by atoms with Crippen molar-refractivity contribution in [1.82, 2.24) is 10.3 Å². The molecule has 3 heterocycles. The van der Waals surface area contributed by atoms with E-state index in [4.69, 9.17) is 4.74 Å². The number of ether oxygens (including phenoxy) is 1. The molecule has 1 fully saturated rings. The van der Waals surface area contributed by atoms with Crippen LogP contribution < -0.4 is 10.1 Å². The zero-order valence-electron chi connectivity index (χ0n) is 12.2. The number of nitrogens with one attached hydrogen (secondary N) is 1. The van der Waals surface area contributed by atoms with Crippen molar-refractivity contribution in [1.29, 1.82) is 0 Å². The molecule has 1 aromatic carbocycles. The van der Waals surface area contributed by atoms with Crippen LogP contribution in [0.4, 0.5) is 0 Å². The summed E-state index contributed by atoms with van der Waals surface area (Å²) >= 11 is 0. The molecule has 1 spiro atoms. The van der Waals surface area contributed by atoms with Crippen molar-refractivity contribution < 1.29 is 9.84 Å². The zero-order valence-corrected chi connectivity index (χ0v) is 12.2. The summed E-state index contributed by atoms with van der Waals surface area (Å²) in [7, 11) is 0. The summed E-state index contributed by atoms with van der Waals surface area (Å²) in [4.78, 5) is 4.23. The van der Waals surface area contributed by atoms with Gasteiger partial charge in [0.25, 0.3) is 0 Å². The van der Waals surface area contributed by atoms with Gasteiger partial charge in [-0.3, -0.25) is 4.98 Å². The van der Waals surface area contributed by atoms with Crippen molar-refractivity contribution in [2.24, 2.45) is 0 Å². The van der Waals surface area contributed by atoms with E-state index in [2.05, 4.69) is 16.4 Å². The van der Waals surface area contributed by atoms with E-state index in [0.717, 1.165) is 48.4 Å². The Balaban J connectivity index is 1.88. The molecular formula is C18H18N2O2. The topological polar surface area (TPSA) is 54.4 Å². The number of fused-ring (bicyclic) bond motifs is 1. The van der Waals surface area contributed by atoms with Crippen LogP contribution >= 0.6 is 0 Å². The van der Waals surface area contributed by atoms with E-state index in [9.17, 15) is 5.11 Å². The first-order chi connectivity index (χ1) is 10.8. The second-order valence-corrected chi connectivity index (χ2v) is 5.90. The van der Waals surface area contributed by atoms with Gasteiger partial charge in [-0.2, -0.15) is 0 Å². The molecule has 2 N–H and O–H groups in total. The van der Waals surface area contributed by atoms with Crippen LogP contribution in [-0.4, -0.2) is 28.8 Å². The third-order valence-corrected chi connectivity index (χ3v) is 4.40. The van der Waals surface area contributed by atoms with E-state index < -0.39 is 0 Å². The number of pyridine rings is 1. The molecule has 4 nitrogen and oxygen atoms in total. The van der Waals surface area contributed by atoms with Crippen LogP contribution in [0.15, 0.2) is 48.8 Å². The van der Waals surface area contributed by atoms with Crippen molar-refractivity contribution in [2.45, 2.75) is 18.4 Å². The Kier molecular flexibility index (Phi) is 3.12. The first kappa shape index (κ1) is 13.3. The molecule has 0 aliphatic carbocycles. The number of phenols is 1. The van der Waals surface area contributed by atoms with Crippen molar-refractivity contribution in [3.8, 4) is 11.5 Å². The fourth-order valence-corrected chi connectivity index (χ4v) is 3.26. The van der Waals surface area contributed by atoms with Gasteiger partial charge in [0, 0.05) is 36.4 Å². The first-order valence-corrected chi connectivity index (χ1v) is 7.62. The van der Waals surface area contributed by atoms with Crippen molar-refractivity contribution in [3.63, 3.8) is 0 Å². The molecular weight excluding hydrogens is 276 g/mol. The molecule has 4 rings (SSSR count). The Bertz CT molecular complexity index is 719. The van der Waals surface area contributed by atoms with Crippen LogP contribution in [0, 0.1) is 0 Å². The third kappa shape index (κ3) is 2.25. The van der Waals surface area contributed by atoms with E-state index in [1.807, 2.05) is 24.4 Å². The molecule has 112 valence electrons. The third-order valence-electron chi connectivity index (χ3n) is 4.40. The summed E-state index contributed by atoms with van der Waals surface area (Å²) in [5, 5.41) is 13.2. The largest absolute Gasteiger partial charge is 0.508 e. The minimum Gasteiger partial charge on any atom is -0.508 e. The fourth-order valence-electron chi connectivity index (χ4n) is 3.26. The number of benzene rings is 1. The van der Waals surface area contributed by atoms with Crippen LogP contribution in [0.5, 0.6) is 11.5 Å². The number of nitrogens with zero attached hydrogens (tertiary/aromatic N) is 1. The molecule has 0 bridgehead atoms. The number of phenolic OH excluding ortho intramolecular Hbond substituents is 1. The quantitative estimate of drug-likeness (QED) is 0.849. The van der Waals surface area contributed by atoms with Crippen LogP contribution in [-0.2, 0) is 0 Å². The first-order valence-electron chi connectivity index (χ1n) is 7.62. The Hall–Kier alpha value is -2.33. The fraction of sp³-hybridized carbons (Fsp3) is 0.278. The van der Waals surface area contributed by atoms with Gasteiger partial charge in [0.05, 0.1) is 0 Å². The summed E-state index contributed by atoms with van der Waals surface area (Å²) in [5.74, 6) is 1.08. The summed E-state index contributed by atoms with van der Waals surface area (Å²) in [6, 6.07) is 9.29. The van der Waals surface area contributed by atoms with Gasteiger partial charge in [0.15, 0.2) is 0 Å². The summed E-state index contributed by atoms with van der Waals surface area (Å²) < 4.78 is 6.32. The van der Waals surface area contributed by atoms with Crippen LogP contribution in [0.1, 0.15) is 24.0 Å². The molecule has 2 aliphatic rings. The standard InChI is InChI=1S/C18H18N2O2/c21-14-3-4-17-15(10-14)16(13-2-1-7-20-12-13)11-18(22-17)5-8-19-9-6-18/h1-4,7,10-12,19,21H,5-6,8-9H2. The maximum atomic E-state index is 9.85. The maximum Gasteiger partial charge on any atom is 0.130 e. The molecule has 2 aliphatic heterocycles. The van der Waals surface area contributed by atoms with Gasteiger partial charge in [-0.1, -0.05) is 6.07 Å². The molecule has 0 saturated carbocycles. The number of aromatic hydroxyl groups is 1. The highest BCUT2D eigenvalue weighted by Gasteiger charge is 2.37. The van der Waals surface area contributed by atoms with Gasteiger partial charge >= 0.3 is 0 Å². The number of hydrogen-bond acceptors (Lipinski definition) is 4. The second-order valence-electron chi connectivity index (χ2n) is 5.90. The van der Waals surface area contributed by atoms with E-state index in [-0.39, 0.29) is 11.4 Å². The van der Waals surface area contributed by atoms with Gasteiger partial charge < -0.3 is 15.2 Å². The molecule has 0 radical (unpaired) electrons. The Labute approximate surface area is 129 Å². The summed E-state index contributed by atoms with van der Waals surface area (Å²) in [6.45, 7) is 1.90. The molecule has 1 saturated heterocycles. The molecule has 2 aromatic rings. The van der Waals surface area contributed by atoms with Gasteiger partial charge in [-0.05, 0) is 49.0 Å². The van der Waals surface area contributed by atoms with E-state index in [0.29, 0.717) is 0 Å². The van der Waals surface area contributed by atoms with Gasteiger partial charge in [-0.25, -0.2) is 0 Å². The van der Waals surface area contributed by atoms with Gasteiger partial charge in [-0.15, -0.1) is 0 Å². The number of hydrogen-bond donors (Lipinski definition) is 2. The highest BCUT2D eigenvalue weighted by Crippen LogP contribution is 2.43.